The Morgan fingerprint density at radius 1 is 1.38 bits per heavy atom. The maximum Gasteiger partial charge on any atom is 0.00424 e. The van der Waals surface area contributed by atoms with Gasteiger partial charge in [0.05, 0.1) is 0 Å². The molecule has 1 aliphatic carbocycles. The SMILES string of the molecule is CC(S)[C@]1(C)CCC(C(C)(C)C)C1. The molecule has 78 valence electrons. The van der Waals surface area contributed by atoms with Crippen LogP contribution in [0, 0.1) is 16.7 Å². The topological polar surface area (TPSA) is 0 Å². The Morgan fingerprint density at radius 3 is 2.15 bits per heavy atom. The molecule has 1 aliphatic rings. The molecule has 0 bridgehead atoms. The van der Waals surface area contributed by atoms with Crippen molar-refractivity contribution >= 4 is 12.6 Å². The third-order valence-electron chi connectivity index (χ3n) is 4.01. The average Bonchev–Trinajstić information content (AvgIpc) is 2.31. The highest BCUT2D eigenvalue weighted by molar-refractivity contribution is 7.81. The van der Waals surface area contributed by atoms with Crippen molar-refractivity contribution in [2.45, 2.75) is 59.1 Å². The average molecular weight is 200 g/mol. The van der Waals surface area contributed by atoms with E-state index in [0.29, 0.717) is 16.1 Å². The van der Waals surface area contributed by atoms with Gasteiger partial charge >= 0.3 is 0 Å². The van der Waals surface area contributed by atoms with Crippen molar-refractivity contribution in [2.75, 3.05) is 0 Å². The molecule has 1 heteroatoms. The van der Waals surface area contributed by atoms with Crippen molar-refractivity contribution in [3.63, 3.8) is 0 Å². The van der Waals surface area contributed by atoms with Crippen LogP contribution >= 0.6 is 12.6 Å². The van der Waals surface area contributed by atoms with Gasteiger partial charge in [-0.3, -0.25) is 0 Å². The van der Waals surface area contributed by atoms with E-state index in [0.717, 1.165) is 5.92 Å². The van der Waals surface area contributed by atoms with Crippen LogP contribution in [0.5, 0.6) is 0 Å². The van der Waals surface area contributed by atoms with Crippen molar-refractivity contribution in [3.05, 3.63) is 0 Å². The lowest BCUT2D eigenvalue weighted by Gasteiger charge is -2.32. The zero-order valence-electron chi connectivity index (χ0n) is 9.72. The van der Waals surface area contributed by atoms with E-state index in [4.69, 9.17) is 0 Å². The molecule has 0 amide bonds. The number of rotatable bonds is 1. The zero-order valence-corrected chi connectivity index (χ0v) is 10.6. The molecule has 1 fully saturated rings. The fraction of sp³-hybridized carbons (Fsp3) is 1.00. The normalized spacial score (nSPS) is 37.8. The lowest BCUT2D eigenvalue weighted by Crippen LogP contribution is -2.25. The molecule has 1 rings (SSSR count). The van der Waals surface area contributed by atoms with Crippen LogP contribution in [0.15, 0.2) is 0 Å². The summed E-state index contributed by atoms with van der Waals surface area (Å²) in [6.45, 7) is 11.7. The van der Waals surface area contributed by atoms with E-state index in [1.165, 1.54) is 19.3 Å². The van der Waals surface area contributed by atoms with Crippen LogP contribution in [0.2, 0.25) is 0 Å². The summed E-state index contributed by atoms with van der Waals surface area (Å²) in [7, 11) is 0. The Kier molecular flexibility index (Phi) is 3.07. The molecule has 0 radical (unpaired) electrons. The largest absolute Gasteiger partial charge is 0.176 e. The first-order valence-corrected chi connectivity index (χ1v) is 5.95. The number of thiol groups is 1. The molecule has 0 N–H and O–H groups in total. The minimum Gasteiger partial charge on any atom is -0.176 e. The summed E-state index contributed by atoms with van der Waals surface area (Å²) in [4.78, 5) is 0. The highest BCUT2D eigenvalue weighted by Gasteiger charge is 2.41. The molecule has 0 aromatic carbocycles. The first-order valence-electron chi connectivity index (χ1n) is 5.44. The molecule has 2 unspecified atom stereocenters. The van der Waals surface area contributed by atoms with Crippen molar-refractivity contribution < 1.29 is 0 Å². The maximum atomic E-state index is 4.62. The van der Waals surface area contributed by atoms with E-state index in [2.05, 4.69) is 47.2 Å². The van der Waals surface area contributed by atoms with Gasteiger partial charge in [0.1, 0.15) is 0 Å². The van der Waals surface area contributed by atoms with Crippen molar-refractivity contribution in [2.24, 2.45) is 16.7 Å². The summed E-state index contributed by atoms with van der Waals surface area (Å²) < 4.78 is 0. The molecule has 0 nitrogen and oxygen atoms in total. The quantitative estimate of drug-likeness (QED) is 0.604. The molecule has 0 aromatic heterocycles. The second kappa shape index (κ2) is 3.49. The Hall–Kier alpha value is 0.350. The molecular formula is C12H24S. The fourth-order valence-corrected chi connectivity index (χ4v) is 2.62. The van der Waals surface area contributed by atoms with E-state index in [1.54, 1.807) is 0 Å². The lowest BCUT2D eigenvalue weighted by atomic mass is 9.76. The first kappa shape index (κ1) is 11.4. The van der Waals surface area contributed by atoms with E-state index in [-0.39, 0.29) is 0 Å². The molecule has 0 spiro atoms. The Labute approximate surface area is 88.9 Å². The summed E-state index contributed by atoms with van der Waals surface area (Å²) in [5.41, 5.74) is 0.974. The Morgan fingerprint density at radius 2 is 1.92 bits per heavy atom. The predicted octanol–water partition coefficient (Wildman–Crippen LogP) is 4.16. The Balaban J connectivity index is 2.64. The summed E-state index contributed by atoms with van der Waals surface area (Å²) >= 11 is 4.62. The molecule has 0 heterocycles. The van der Waals surface area contributed by atoms with Crippen LogP contribution in [-0.4, -0.2) is 5.25 Å². The zero-order chi connectivity index (χ0) is 10.3. The van der Waals surface area contributed by atoms with Gasteiger partial charge in [-0.1, -0.05) is 34.6 Å². The maximum absolute atomic E-state index is 4.62. The van der Waals surface area contributed by atoms with Gasteiger partial charge in [-0.05, 0) is 36.0 Å². The number of hydrogen-bond donors (Lipinski definition) is 1. The van der Waals surface area contributed by atoms with Gasteiger partial charge in [0.15, 0.2) is 0 Å². The van der Waals surface area contributed by atoms with Crippen LogP contribution in [0.1, 0.15) is 53.9 Å². The molecule has 0 saturated heterocycles. The van der Waals surface area contributed by atoms with E-state index < -0.39 is 0 Å². The predicted molar refractivity (Wildman–Crippen MR) is 63.4 cm³/mol. The van der Waals surface area contributed by atoms with E-state index >= 15 is 0 Å². The van der Waals surface area contributed by atoms with Gasteiger partial charge in [0, 0.05) is 5.25 Å². The monoisotopic (exact) mass is 200 g/mol. The second-order valence-electron chi connectivity index (χ2n) is 6.14. The fourth-order valence-electron chi connectivity index (χ4n) is 2.39. The van der Waals surface area contributed by atoms with Crippen LogP contribution in [0.4, 0.5) is 0 Å². The standard InChI is InChI=1S/C12H24S/c1-9(13)12(5)7-6-10(8-12)11(2,3)4/h9-10,13H,6-8H2,1-5H3/t9?,10?,12-/m1/s1. The first-order chi connectivity index (χ1) is 5.76. The van der Waals surface area contributed by atoms with Crippen LogP contribution in [0.25, 0.3) is 0 Å². The molecule has 0 aromatic rings. The molecule has 13 heavy (non-hydrogen) atoms. The summed E-state index contributed by atoms with van der Waals surface area (Å²) in [6.07, 6.45) is 4.12. The van der Waals surface area contributed by atoms with Crippen molar-refractivity contribution in [1.29, 1.82) is 0 Å². The van der Waals surface area contributed by atoms with Crippen LogP contribution in [-0.2, 0) is 0 Å². The van der Waals surface area contributed by atoms with Gasteiger partial charge in [0.25, 0.3) is 0 Å². The molecule has 3 atom stereocenters. The molecule has 1 saturated carbocycles. The minimum atomic E-state index is 0.487. The Bertz CT molecular complexity index is 178. The summed E-state index contributed by atoms with van der Waals surface area (Å²) in [5, 5.41) is 0.542. The van der Waals surface area contributed by atoms with Gasteiger partial charge in [0.2, 0.25) is 0 Å². The van der Waals surface area contributed by atoms with Gasteiger partial charge < -0.3 is 0 Å². The summed E-state index contributed by atoms with van der Waals surface area (Å²) in [6, 6.07) is 0. The smallest absolute Gasteiger partial charge is 0.00424 e. The van der Waals surface area contributed by atoms with Crippen molar-refractivity contribution in [3.8, 4) is 0 Å². The third-order valence-corrected chi connectivity index (χ3v) is 4.63. The van der Waals surface area contributed by atoms with Crippen LogP contribution < -0.4 is 0 Å². The van der Waals surface area contributed by atoms with Crippen LogP contribution in [0.3, 0.4) is 0 Å². The minimum absolute atomic E-state index is 0.487. The van der Waals surface area contributed by atoms with E-state index in [1.807, 2.05) is 0 Å². The molecular weight excluding hydrogens is 176 g/mol. The van der Waals surface area contributed by atoms with Gasteiger partial charge in [-0.2, -0.15) is 12.6 Å². The van der Waals surface area contributed by atoms with Crippen molar-refractivity contribution in [1.82, 2.24) is 0 Å². The lowest BCUT2D eigenvalue weighted by molar-refractivity contribution is 0.216. The summed E-state index contributed by atoms with van der Waals surface area (Å²) in [5.74, 6) is 0.895. The van der Waals surface area contributed by atoms with Gasteiger partial charge in [-0.25, -0.2) is 0 Å². The highest BCUT2D eigenvalue weighted by atomic mass is 32.1. The molecule has 0 aliphatic heterocycles. The second-order valence-corrected chi connectivity index (χ2v) is 6.91. The van der Waals surface area contributed by atoms with Gasteiger partial charge in [-0.15, -0.1) is 0 Å². The number of hydrogen-bond acceptors (Lipinski definition) is 1. The highest BCUT2D eigenvalue weighted by Crippen LogP contribution is 2.51. The third kappa shape index (κ3) is 2.43. The van der Waals surface area contributed by atoms with E-state index in [9.17, 15) is 0 Å².